The molecule has 0 aromatic heterocycles. The van der Waals surface area contributed by atoms with Crippen LogP contribution in [0.1, 0.15) is 16.7 Å². The van der Waals surface area contributed by atoms with Gasteiger partial charge in [-0.15, -0.1) is 0 Å². The van der Waals surface area contributed by atoms with Crippen LogP contribution in [0, 0.1) is 20.8 Å². The number of carbonyl (C=O) groups is 1. The molecule has 5 heteroatoms. The summed E-state index contributed by atoms with van der Waals surface area (Å²) in [5.41, 5.74) is 3.42. The van der Waals surface area contributed by atoms with Gasteiger partial charge in [0.1, 0.15) is 18.1 Å². The smallest absolute Gasteiger partial charge is 0.258 e. The van der Waals surface area contributed by atoms with E-state index >= 15 is 0 Å². The molecule has 2 aromatic carbocycles. The molecule has 2 aromatic rings. The Balaban J connectivity index is 1.70. The van der Waals surface area contributed by atoms with E-state index in [2.05, 4.69) is 24.4 Å². The molecule has 0 unspecified atom stereocenters. The van der Waals surface area contributed by atoms with Gasteiger partial charge < -0.3 is 14.8 Å². The third-order valence-corrected chi connectivity index (χ3v) is 3.71. The van der Waals surface area contributed by atoms with Gasteiger partial charge in [-0.1, -0.05) is 29.3 Å². The Morgan fingerprint density at radius 3 is 2.29 bits per heavy atom. The highest BCUT2D eigenvalue weighted by atomic mass is 35.5. The lowest BCUT2D eigenvalue weighted by molar-refractivity contribution is -0.123. The minimum Gasteiger partial charge on any atom is -0.491 e. The molecule has 24 heavy (non-hydrogen) atoms. The Labute approximate surface area is 147 Å². The fourth-order valence-corrected chi connectivity index (χ4v) is 2.59. The largest absolute Gasteiger partial charge is 0.491 e. The van der Waals surface area contributed by atoms with Gasteiger partial charge in [-0.05, 0) is 56.2 Å². The number of carbonyl (C=O) groups excluding carboxylic acids is 1. The highest BCUT2D eigenvalue weighted by Gasteiger charge is 2.06. The lowest BCUT2D eigenvalue weighted by Crippen LogP contribution is -2.32. The van der Waals surface area contributed by atoms with Gasteiger partial charge in [-0.3, -0.25) is 4.79 Å². The van der Waals surface area contributed by atoms with Gasteiger partial charge in [0, 0.05) is 5.02 Å². The number of rotatable bonds is 7. The first-order valence-corrected chi connectivity index (χ1v) is 8.19. The highest BCUT2D eigenvalue weighted by molar-refractivity contribution is 6.30. The molecule has 0 spiro atoms. The quantitative estimate of drug-likeness (QED) is 0.774. The Hall–Kier alpha value is -2.20. The molecule has 0 saturated carbocycles. The number of ether oxygens (including phenoxy) is 2. The van der Waals surface area contributed by atoms with Crippen molar-refractivity contribution in [3.63, 3.8) is 0 Å². The molecule has 0 saturated heterocycles. The minimum absolute atomic E-state index is 0.0375. The molecule has 0 bridgehead atoms. The summed E-state index contributed by atoms with van der Waals surface area (Å²) in [6, 6.07) is 11.1. The number of nitrogens with one attached hydrogen (secondary N) is 1. The predicted octanol–water partition coefficient (Wildman–Crippen LogP) is 3.84. The Kier molecular flexibility index (Phi) is 6.50. The van der Waals surface area contributed by atoms with Crippen molar-refractivity contribution >= 4 is 17.5 Å². The molecule has 4 nitrogen and oxygen atoms in total. The molecule has 128 valence electrons. The summed E-state index contributed by atoms with van der Waals surface area (Å²) in [7, 11) is 0. The number of hydrogen-bond acceptors (Lipinski definition) is 3. The first kappa shape index (κ1) is 18.1. The second kappa shape index (κ2) is 8.60. The molecule has 0 atom stereocenters. The topological polar surface area (TPSA) is 47.6 Å². The van der Waals surface area contributed by atoms with E-state index in [1.165, 1.54) is 5.56 Å². The third-order valence-electron chi connectivity index (χ3n) is 3.46. The van der Waals surface area contributed by atoms with Crippen LogP contribution in [0.4, 0.5) is 0 Å². The van der Waals surface area contributed by atoms with Crippen LogP contribution in [0.5, 0.6) is 11.5 Å². The predicted molar refractivity (Wildman–Crippen MR) is 96.1 cm³/mol. The van der Waals surface area contributed by atoms with E-state index in [1.807, 2.05) is 13.8 Å². The van der Waals surface area contributed by atoms with E-state index < -0.39 is 0 Å². The van der Waals surface area contributed by atoms with Crippen molar-refractivity contribution in [2.45, 2.75) is 20.8 Å². The lowest BCUT2D eigenvalue weighted by Gasteiger charge is -2.13. The van der Waals surface area contributed by atoms with E-state index in [9.17, 15) is 4.79 Å². The number of hydrogen-bond donors (Lipinski definition) is 1. The molecule has 0 fully saturated rings. The molecule has 0 radical (unpaired) electrons. The van der Waals surface area contributed by atoms with Crippen molar-refractivity contribution in [3.8, 4) is 11.5 Å². The zero-order valence-electron chi connectivity index (χ0n) is 14.2. The molecule has 1 amide bonds. The summed E-state index contributed by atoms with van der Waals surface area (Å²) in [5.74, 6) is 1.30. The first-order valence-electron chi connectivity index (χ1n) is 7.81. The van der Waals surface area contributed by atoms with Crippen molar-refractivity contribution in [2.24, 2.45) is 0 Å². The van der Waals surface area contributed by atoms with E-state index in [-0.39, 0.29) is 12.5 Å². The molecule has 2 rings (SSSR count). The van der Waals surface area contributed by atoms with Gasteiger partial charge in [0.2, 0.25) is 0 Å². The monoisotopic (exact) mass is 347 g/mol. The zero-order chi connectivity index (χ0) is 17.5. The average Bonchev–Trinajstić information content (AvgIpc) is 2.52. The maximum atomic E-state index is 11.8. The van der Waals surface area contributed by atoms with Crippen molar-refractivity contribution < 1.29 is 14.3 Å². The van der Waals surface area contributed by atoms with Gasteiger partial charge in [0.25, 0.3) is 5.91 Å². The van der Waals surface area contributed by atoms with Crippen LogP contribution < -0.4 is 14.8 Å². The number of aryl methyl sites for hydroxylation is 3. The summed E-state index contributed by atoms with van der Waals surface area (Å²) in [5, 5.41) is 3.40. The van der Waals surface area contributed by atoms with Crippen LogP contribution in [-0.2, 0) is 4.79 Å². The van der Waals surface area contributed by atoms with Crippen molar-refractivity contribution in [1.82, 2.24) is 5.32 Å². The molecule has 0 heterocycles. The third kappa shape index (κ3) is 5.46. The van der Waals surface area contributed by atoms with Crippen LogP contribution in [0.25, 0.3) is 0 Å². The Bertz CT molecular complexity index is 675. The second-order valence-corrected chi connectivity index (χ2v) is 6.11. The van der Waals surface area contributed by atoms with Gasteiger partial charge in [0.05, 0.1) is 6.54 Å². The van der Waals surface area contributed by atoms with Crippen LogP contribution in [0.3, 0.4) is 0 Å². The molecular weight excluding hydrogens is 326 g/mol. The number of amides is 1. The Morgan fingerprint density at radius 1 is 1.04 bits per heavy atom. The normalized spacial score (nSPS) is 10.3. The van der Waals surface area contributed by atoms with Crippen LogP contribution >= 0.6 is 11.6 Å². The molecule has 0 aliphatic rings. The van der Waals surface area contributed by atoms with Crippen molar-refractivity contribution in [3.05, 3.63) is 58.1 Å². The standard InChI is InChI=1S/C19H22ClNO3/c1-13-10-14(2)19(15(3)11-13)23-9-8-21-18(22)12-24-17-6-4-16(20)5-7-17/h4-7,10-11H,8-9,12H2,1-3H3,(H,21,22). The summed E-state index contributed by atoms with van der Waals surface area (Å²) in [6.45, 7) is 6.91. The van der Waals surface area contributed by atoms with E-state index in [4.69, 9.17) is 21.1 Å². The number of benzene rings is 2. The van der Waals surface area contributed by atoms with Crippen LogP contribution in [0.15, 0.2) is 36.4 Å². The maximum Gasteiger partial charge on any atom is 0.258 e. The van der Waals surface area contributed by atoms with Crippen LogP contribution in [0.2, 0.25) is 5.02 Å². The molecular formula is C19H22ClNO3. The lowest BCUT2D eigenvalue weighted by atomic mass is 10.1. The van der Waals surface area contributed by atoms with E-state index in [1.54, 1.807) is 24.3 Å². The average molecular weight is 348 g/mol. The SMILES string of the molecule is Cc1cc(C)c(OCCNC(=O)COc2ccc(Cl)cc2)c(C)c1. The maximum absolute atomic E-state index is 11.8. The van der Waals surface area contributed by atoms with Crippen molar-refractivity contribution in [1.29, 1.82) is 0 Å². The molecule has 1 N–H and O–H groups in total. The summed E-state index contributed by atoms with van der Waals surface area (Å²) in [6.07, 6.45) is 0. The zero-order valence-corrected chi connectivity index (χ0v) is 14.9. The molecule has 0 aliphatic carbocycles. The van der Waals surface area contributed by atoms with Gasteiger partial charge in [-0.2, -0.15) is 0 Å². The minimum atomic E-state index is -0.189. The number of halogens is 1. The van der Waals surface area contributed by atoms with Gasteiger partial charge >= 0.3 is 0 Å². The van der Waals surface area contributed by atoms with E-state index in [0.29, 0.717) is 23.9 Å². The van der Waals surface area contributed by atoms with Crippen LogP contribution in [-0.4, -0.2) is 25.7 Å². The Morgan fingerprint density at radius 2 is 1.67 bits per heavy atom. The fourth-order valence-electron chi connectivity index (χ4n) is 2.47. The second-order valence-electron chi connectivity index (χ2n) is 5.67. The van der Waals surface area contributed by atoms with Gasteiger partial charge in [0.15, 0.2) is 6.61 Å². The fraction of sp³-hybridized carbons (Fsp3) is 0.316. The van der Waals surface area contributed by atoms with E-state index in [0.717, 1.165) is 16.9 Å². The summed E-state index contributed by atoms with van der Waals surface area (Å²) < 4.78 is 11.2. The van der Waals surface area contributed by atoms with Crippen molar-refractivity contribution in [2.75, 3.05) is 19.8 Å². The summed E-state index contributed by atoms with van der Waals surface area (Å²) in [4.78, 5) is 11.8. The summed E-state index contributed by atoms with van der Waals surface area (Å²) >= 11 is 5.79. The van der Waals surface area contributed by atoms with Gasteiger partial charge in [-0.25, -0.2) is 0 Å². The first-order chi connectivity index (χ1) is 11.5. The highest BCUT2D eigenvalue weighted by Crippen LogP contribution is 2.24. The molecule has 0 aliphatic heterocycles.